The molecule has 84 valence electrons. The average Bonchev–Trinajstić information content (AvgIpc) is 2.10. The Morgan fingerprint density at radius 3 is 2.14 bits per heavy atom. The first kappa shape index (κ1) is 13.6. The zero-order chi connectivity index (χ0) is 11.4. The molecule has 0 aromatic carbocycles. The van der Waals surface area contributed by atoms with E-state index in [0.29, 0.717) is 6.61 Å². The Bertz CT molecular complexity index is 181. The van der Waals surface area contributed by atoms with Crippen LogP contribution in [-0.2, 0) is 14.3 Å². The highest BCUT2D eigenvalue weighted by atomic mass is 16.5. The lowest BCUT2D eigenvalue weighted by Crippen LogP contribution is -2.34. The molecule has 0 heterocycles. The van der Waals surface area contributed by atoms with E-state index in [1.807, 2.05) is 27.7 Å². The van der Waals surface area contributed by atoms with E-state index in [-0.39, 0.29) is 23.4 Å². The third-order valence-corrected chi connectivity index (χ3v) is 2.09. The third kappa shape index (κ3) is 4.72. The van der Waals surface area contributed by atoms with Crippen LogP contribution in [0.4, 0.5) is 0 Å². The monoisotopic (exact) mass is 202 g/mol. The molecule has 14 heavy (non-hydrogen) atoms. The van der Waals surface area contributed by atoms with Crippen molar-refractivity contribution in [2.75, 3.05) is 13.7 Å². The largest absolute Gasteiger partial charge is 0.379 e. The highest BCUT2D eigenvalue weighted by Gasteiger charge is 2.27. The van der Waals surface area contributed by atoms with Crippen LogP contribution in [0, 0.1) is 5.41 Å². The Balaban J connectivity index is 3.97. The summed E-state index contributed by atoms with van der Waals surface area (Å²) in [6, 6.07) is 0. The molecular formula is C11H22O3. The molecule has 0 aliphatic heterocycles. The van der Waals surface area contributed by atoms with Gasteiger partial charge in [0.2, 0.25) is 0 Å². The molecule has 0 radical (unpaired) electrons. The minimum Gasteiger partial charge on any atom is -0.379 e. The SMILES string of the molecule is COC(C)COC(C)C(=O)C(C)(C)C. The molecule has 3 heteroatoms. The minimum absolute atomic E-state index is 0.0326. The molecule has 0 rings (SSSR count). The van der Waals surface area contributed by atoms with Crippen molar-refractivity contribution in [1.82, 2.24) is 0 Å². The van der Waals surface area contributed by atoms with Gasteiger partial charge in [0.1, 0.15) is 6.10 Å². The van der Waals surface area contributed by atoms with E-state index in [1.54, 1.807) is 14.0 Å². The number of carbonyl (C=O) groups excluding carboxylic acids is 1. The number of Topliss-reactive ketones (excluding diaryl/α,β-unsaturated/α-hetero) is 1. The summed E-state index contributed by atoms with van der Waals surface area (Å²) in [7, 11) is 1.63. The Morgan fingerprint density at radius 2 is 1.79 bits per heavy atom. The van der Waals surface area contributed by atoms with Gasteiger partial charge in [-0.2, -0.15) is 0 Å². The van der Waals surface area contributed by atoms with Crippen LogP contribution >= 0.6 is 0 Å². The summed E-state index contributed by atoms with van der Waals surface area (Å²) >= 11 is 0. The molecule has 0 aromatic rings. The second kappa shape index (κ2) is 5.47. The Kier molecular flexibility index (Phi) is 5.31. The van der Waals surface area contributed by atoms with E-state index >= 15 is 0 Å². The molecule has 0 saturated heterocycles. The van der Waals surface area contributed by atoms with Gasteiger partial charge in [0, 0.05) is 12.5 Å². The number of ketones is 1. The number of carbonyl (C=O) groups is 1. The molecule has 0 fully saturated rings. The second-order valence-corrected chi connectivity index (χ2v) is 4.64. The average molecular weight is 202 g/mol. The fraction of sp³-hybridized carbons (Fsp3) is 0.909. The molecule has 0 aliphatic carbocycles. The van der Waals surface area contributed by atoms with Crippen LogP contribution in [-0.4, -0.2) is 31.7 Å². The van der Waals surface area contributed by atoms with Crippen LogP contribution in [0.3, 0.4) is 0 Å². The molecular weight excluding hydrogens is 180 g/mol. The van der Waals surface area contributed by atoms with Gasteiger partial charge in [0.25, 0.3) is 0 Å². The van der Waals surface area contributed by atoms with Crippen molar-refractivity contribution >= 4 is 5.78 Å². The fourth-order valence-electron chi connectivity index (χ4n) is 1.03. The first-order chi connectivity index (χ1) is 6.29. The number of hydrogen-bond acceptors (Lipinski definition) is 3. The molecule has 0 spiro atoms. The highest BCUT2D eigenvalue weighted by Crippen LogP contribution is 2.18. The zero-order valence-electron chi connectivity index (χ0n) is 10.1. The van der Waals surface area contributed by atoms with E-state index in [4.69, 9.17) is 9.47 Å². The van der Waals surface area contributed by atoms with Crippen LogP contribution in [0.5, 0.6) is 0 Å². The van der Waals surface area contributed by atoms with Crippen molar-refractivity contribution in [2.45, 2.75) is 46.8 Å². The number of ether oxygens (including phenoxy) is 2. The van der Waals surface area contributed by atoms with Crippen LogP contribution < -0.4 is 0 Å². The predicted octanol–water partition coefficient (Wildman–Crippen LogP) is 2.04. The molecule has 2 unspecified atom stereocenters. The molecule has 0 N–H and O–H groups in total. The van der Waals surface area contributed by atoms with Gasteiger partial charge in [-0.1, -0.05) is 20.8 Å². The summed E-state index contributed by atoms with van der Waals surface area (Å²) in [6.45, 7) is 9.85. The van der Waals surface area contributed by atoms with Crippen molar-refractivity contribution < 1.29 is 14.3 Å². The minimum atomic E-state index is -0.354. The van der Waals surface area contributed by atoms with Crippen molar-refractivity contribution in [1.29, 1.82) is 0 Å². The lowest BCUT2D eigenvalue weighted by atomic mass is 9.88. The summed E-state index contributed by atoms with van der Waals surface area (Å²) in [5.74, 6) is 0.126. The van der Waals surface area contributed by atoms with Crippen molar-refractivity contribution in [2.24, 2.45) is 5.41 Å². The van der Waals surface area contributed by atoms with Gasteiger partial charge in [0.05, 0.1) is 12.7 Å². The first-order valence-electron chi connectivity index (χ1n) is 4.97. The number of rotatable bonds is 5. The molecule has 0 bridgehead atoms. The van der Waals surface area contributed by atoms with Crippen LogP contribution in [0.25, 0.3) is 0 Å². The Hall–Kier alpha value is -0.410. The lowest BCUT2D eigenvalue weighted by Gasteiger charge is -2.22. The summed E-state index contributed by atoms with van der Waals surface area (Å²) in [5, 5.41) is 0. The maximum Gasteiger partial charge on any atom is 0.166 e. The van der Waals surface area contributed by atoms with Gasteiger partial charge >= 0.3 is 0 Å². The normalized spacial score (nSPS) is 16.4. The van der Waals surface area contributed by atoms with Gasteiger partial charge in [-0.15, -0.1) is 0 Å². The van der Waals surface area contributed by atoms with Crippen LogP contribution in [0.1, 0.15) is 34.6 Å². The number of hydrogen-bond donors (Lipinski definition) is 0. The topological polar surface area (TPSA) is 35.5 Å². The van der Waals surface area contributed by atoms with E-state index in [9.17, 15) is 4.79 Å². The molecule has 0 amide bonds. The summed E-state index contributed by atoms with van der Waals surface area (Å²) in [5.41, 5.74) is -0.338. The van der Waals surface area contributed by atoms with Gasteiger partial charge in [-0.25, -0.2) is 0 Å². The van der Waals surface area contributed by atoms with Crippen LogP contribution in [0.2, 0.25) is 0 Å². The predicted molar refractivity (Wildman–Crippen MR) is 56.3 cm³/mol. The van der Waals surface area contributed by atoms with Gasteiger partial charge in [-0.05, 0) is 13.8 Å². The van der Waals surface area contributed by atoms with Crippen molar-refractivity contribution in [3.05, 3.63) is 0 Å². The van der Waals surface area contributed by atoms with Gasteiger partial charge in [-0.3, -0.25) is 4.79 Å². The van der Waals surface area contributed by atoms with Crippen molar-refractivity contribution in [3.63, 3.8) is 0 Å². The van der Waals surface area contributed by atoms with E-state index < -0.39 is 0 Å². The van der Waals surface area contributed by atoms with E-state index in [2.05, 4.69) is 0 Å². The maximum atomic E-state index is 11.7. The van der Waals surface area contributed by atoms with Crippen LogP contribution in [0.15, 0.2) is 0 Å². The van der Waals surface area contributed by atoms with Gasteiger partial charge in [0.15, 0.2) is 5.78 Å². The molecule has 0 saturated carbocycles. The molecule has 2 atom stereocenters. The van der Waals surface area contributed by atoms with Crippen molar-refractivity contribution in [3.8, 4) is 0 Å². The molecule has 3 nitrogen and oxygen atoms in total. The highest BCUT2D eigenvalue weighted by molar-refractivity contribution is 5.87. The van der Waals surface area contributed by atoms with E-state index in [0.717, 1.165) is 0 Å². The quantitative estimate of drug-likeness (QED) is 0.684. The Labute approximate surface area is 86.8 Å². The zero-order valence-corrected chi connectivity index (χ0v) is 10.1. The van der Waals surface area contributed by atoms with E-state index in [1.165, 1.54) is 0 Å². The summed E-state index contributed by atoms with van der Waals surface area (Å²) < 4.78 is 10.4. The first-order valence-corrected chi connectivity index (χ1v) is 4.97. The Morgan fingerprint density at radius 1 is 1.29 bits per heavy atom. The lowest BCUT2D eigenvalue weighted by molar-refractivity contribution is -0.139. The smallest absolute Gasteiger partial charge is 0.166 e. The maximum absolute atomic E-state index is 11.7. The second-order valence-electron chi connectivity index (χ2n) is 4.64. The third-order valence-electron chi connectivity index (χ3n) is 2.09. The summed E-state index contributed by atoms with van der Waals surface area (Å²) in [6.07, 6.45) is -0.321. The number of methoxy groups -OCH3 is 1. The molecule has 0 aromatic heterocycles. The standard InChI is InChI=1S/C11H22O3/c1-8(13-6)7-14-9(2)10(12)11(3,4)5/h8-9H,7H2,1-6H3. The summed E-state index contributed by atoms with van der Waals surface area (Å²) in [4.78, 5) is 11.7. The molecule has 0 aliphatic rings. The fourth-order valence-corrected chi connectivity index (χ4v) is 1.03. The van der Waals surface area contributed by atoms with Gasteiger partial charge < -0.3 is 9.47 Å².